The molecule has 1 aromatic carbocycles. The van der Waals surface area contributed by atoms with Gasteiger partial charge in [0.15, 0.2) is 0 Å². The van der Waals surface area contributed by atoms with E-state index in [1.54, 1.807) is 20.8 Å². The third kappa shape index (κ3) is 4.65. The van der Waals surface area contributed by atoms with Crippen molar-refractivity contribution in [1.82, 2.24) is 19.6 Å². The van der Waals surface area contributed by atoms with E-state index >= 15 is 0 Å². The number of carbonyl (C=O) groups excluding carboxylic acids is 1. The van der Waals surface area contributed by atoms with Gasteiger partial charge in [-0.2, -0.15) is 4.98 Å². The van der Waals surface area contributed by atoms with Crippen molar-refractivity contribution in [1.29, 1.82) is 0 Å². The smallest absolute Gasteiger partial charge is 0.307 e. The van der Waals surface area contributed by atoms with Gasteiger partial charge in [-0.1, -0.05) is 23.4 Å². The summed E-state index contributed by atoms with van der Waals surface area (Å²) in [7, 11) is 0. The van der Waals surface area contributed by atoms with Crippen LogP contribution < -0.4 is 5.32 Å². The number of aliphatic carboxylic acids is 1. The van der Waals surface area contributed by atoms with Crippen LogP contribution in [0.3, 0.4) is 0 Å². The maximum Gasteiger partial charge on any atom is 0.307 e. The second-order valence-electron chi connectivity index (χ2n) is 6.32. The molecule has 0 radical (unpaired) electrons. The lowest BCUT2D eigenvalue weighted by Gasteiger charge is -2.10. The molecule has 0 aliphatic heterocycles. The maximum atomic E-state index is 13.2. The molecule has 0 unspecified atom stereocenters. The summed E-state index contributed by atoms with van der Waals surface area (Å²) in [6, 6.07) is 3.92. The zero-order valence-corrected chi connectivity index (χ0v) is 17.3. The van der Waals surface area contributed by atoms with E-state index in [2.05, 4.69) is 20.4 Å². The number of aromatic nitrogens is 4. The van der Waals surface area contributed by atoms with Crippen LogP contribution in [0, 0.1) is 19.7 Å². The van der Waals surface area contributed by atoms with E-state index < -0.39 is 17.0 Å². The number of hydrogen-bond donors (Lipinski definition) is 2. The molecule has 3 rings (SSSR count). The Labute approximate surface area is 174 Å². The molecule has 2 aromatic heterocycles. The number of carboxylic acid groups (broad SMARTS) is 1. The van der Waals surface area contributed by atoms with Crippen LogP contribution in [0.2, 0.25) is 5.02 Å². The number of nitrogens with zero attached hydrogens (tertiary/aromatic N) is 4. The van der Waals surface area contributed by atoms with Gasteiger partial charge in [0, 0.05) is 22.6 Å². The number of nitrogens with one attached hydrogen (secondary N) is 1. The van der Waals surface area contributed by atoms with Crippen LogP contribution in [0.1, 0.15) is 23.9 Å². The molecular formula is C18H17ClFN5O3S. The third-order valence-electron chi connectivity index (χ3n) is 4.20. The van der Waals surface area contributed by atoms with Crippen molar-refractivity contribution in [3.05, 3.63) is 46.0 Å². The highest BCUT2D eigenvalue weighted by molar-refractivity contribution is 8.00. The zero-order valence-electron chi connectivity index (χ0n) is 15.7. The lowest BCUT2D eigenvalue weighted by Crippen LogP contribution is -2.22. The quantitative estimate of drug-likeness (QED) is 0.569. The van der Waals surface area contributed by atoms with E-state index in [1.165, 1.54) is 22.7 Å². The summed E-state index contributed by atoms with van der Waals surface area (Å²) in [6.07, 6.45) is -0.165. The SMILES string of the molecule is Cc1nc2nc(S[C@H](C)C(=O)Nc3ccc(F)c(Cl)c3)nn2c(C)c1CC(=O)O. The van der Waals surface area contributed by atoms with Gasteiger partial charge in [-0.15, -0.1) is 5.10 Å². The van der Waals surface area contributed by atoms with E-state index in [0.29, 0.717) is 33.6 Å². The number of fused-ring (bicyclic) bond motifs is 1. The molecule has 1 amide bonds. The number of aryl methyl sites for hydroxylation is 2. The number of carboxylic acids is 1. The minimum Gasteiger partial charge on any atom is -0.481 e. The predicted octanol–water partition coefficient (Wildman–Crippen LogP) is 3.28. The molecule has 2 N–H and O–H groups in total. The van der Waals surface area contributed by atoms with Crippen molar-refractivity contribution in [2.75, 3.05) is 5.32 Å². The molecule has 152 valence electrons. The molecule has 0 aliphatic rings. The van der Waals surface area contributed by atoms with Gasteiger partial charge in [0.1, 0.15) is 5.82 Å². The number of benzene rings is 1. The van der Waals surface area contributed by atoms with Crippen molar-refractivity contribution in [2.45, 2.75) is 37.6 Å². The fraction of sp³-hybridized carbons (Fsp3) is 0.278. The number of amides is 1. The van der Waals surface area contributed by atoms with E-state index in [1.807, 2.05) is 0 Å². The van der Waals surface area contributed by atoms with Crippen LogP contribution in [0.5, 0.6) is 0 Å². The Balaban J connectivity index is 1.78. The van der Waals surface area contributed by atoms with Crippen LogP contribution in [-0.2, 0) is 16.0 Å². The molecule has 0 fully saturated rings. The Bertz CT molecular complexity index is 1120. The van der Waals surface area contributed by atoms with E-state index in [9.17, 15) is 14.0 Å². The topological polar surface area (TPSA) is 109 Å². The molecule has 0 bridgehead atoms. The second kappa shape index (κ2) is 8.34. The maximum absolute atomic E-state index is 13.2. The zero-order chi connectivity index (χ0) is 21.3. The summed E-state index contributed by atoms with van der Waals surface area (Å²) in [4.78, 5) is 32.1. The molecule has 1 atom stereocenters. The van der Waals surface area contributed by atoms with Gasteiger partial charge in [0.05, 0.1) is 16.7 Å². The molecule has 8 nitrogen and oxygen atoms in total. The standard InChI is InChI=1S/C18H17ClFN5O3S/c1-8-12(7-15(26)27)9(2)25-17(21-8)23-18(24-25)29-10(3)16(28)22-11-4-5-14(20)13(19)6-11/h4-6,10H,7H2,1-3H3,(H,22,28)(H,26,27)/t10-/m1/s1. The number of hydrogen-bond acceptors (Lipinski definition) is 6. The first-order chi connectivity index (χ1) is 13.7. The number of rotatable bonds is 6. The highest BCUT2D eigenvalue weighted by atomic mass is 35.5. The van der Waals surface area contributed by atoms with Crippen molar-refractivity contribution in [2.24, 2.45) is 0 Å². The summed E-state index contributed by atoms with van der Waals surface area (Å²) in [5.74, 6) is -1.53. The third-order valence-corrected chi connectivity index (χ3v) is 5.44. The Kier molecular flexibility index (Phi) is 6.04. The lowest BCUT2D eigenvalue weighted by atomic mass is 10.1. The number of halogens is 2. The first-order valence-electron chi connectivity index (χ1n) is 8.53. The van der Waals surface area contributed by atoms with E-state index in [4.69, 9.17) is 16.7 Å². The Morgan fingerprint density at radius 1 is 1.34 bits per heavy atom. The highest BCUT2D eigenvalue weighted by Crippen LogP contribution is 2.24. The fourth-order valence-electron chi connectivity index (χ4n) is 2.68. The largest absolute Gasteiger partial charge is 0.481 e. The number of anilines is 1. The molecule has 0 spiro atoms. The molecule has 3 aromatic rings. The van der Waals surface area contributed by atoms with Crippen LogP contribution in [0.15, 0.2) is 23.4 Å². The number of carbonyl (C=O) groups is 2. The predicted molar refractivity (Wildman–Crippen MR) is 107 cm³/mol. The summed E-state index contributed by atoms with van der Waals surface area (Å²) in [5.41, 5.74) is 2.15. The van der Waals surface area contributed by atoms with Gasteiger partial charge >= 0.3 is 5.97 Å². The summed E-state index contributed by atoms with van der Waals surface area (Å²) in [5, 5.41) is 15.8. The molecule has 29 heavy (non-hydrogen) atoms. The van der Waals surface area contributed by atoms with Gasteiger partial charge < -0.3 is 10.4 Å². The normalized spacial score (nSPS) is 12.2. The lowest BCUT2D eigenvalue weighted by molar-refractivity contribution is -0.136. The second-order valence-corrected chi connectivity index (χ2v) is 8.03. The number of thioether (sulfide) groups is 1. The Morgan fingerprint density at radius 2 is 2.07 bits per heavy atom. The Hall–Kier alpha value is -2.72. The minimum absolute atomic E-state index is 0.0841. The summed E-state index contributed by atoms with van der Waals surface area (Å²) in [6.45, 7) is 5.15. The van der Waals surface area contributed by atoms with Gasteiger partial charge in [-0.3, -0.25) is 9.59 Å². The Morgan fingerprint density at radius 3 is 2.72 bits per heavy atom. The van der Waals surface area contributed by atoms with Gasteiger partial charge in [0.2, 0.25) is 11.1 Å². The van der Waals surface area contributed by atoms with E-state index in [0.717, 1.165) is 11.8 Å². The average Bonchev–Trinajstić information content (AvgIpc) is 3.04. The molecule has 0 aliphatic carbocycles. The van der Waals surface area contributed by atoms with Crippen molar-refractivity contribution in [3.63, 3.8) is 0 Å². The first kappa shape index (κ1) is 21.0. The van der Waals surface area contributed by atoms with Crippen molar-refractivity contribution >= 4 is 46.7 Å². The molecule has 2 heterocycles. The van der Waals surface area contributed by atoms with Crippen molar-refractivity contribution in [3.8, 4) is 0 Å². The minimum atomic E-state index is -0.960. The van der Waals surface area contributed by atoms with Crippen LogP contribution in [0.4, 0.5) is 10.1 Å². The highest BCUT2D eigenvalue weighted by Gasteiger charge is 2.20. The monoisotopic (exact) mass is 437 g/mol. The fourth-order valence-corrected chi connectivity index (χ4v) is 3.60. The van der Waals surface area contributed by atoms with Gasteiger partial charge in [0.25, 0.3) is 5.78 Å². The summed E-state index contributed by atoms with van der Waals surface area (Å²) >= 11 is 6.85. The van der Waals surface area contributed by atoms with Crippen LogP contribution in [0.25, 0.3) is 5.78 Å². The van der Waals surface area contributed by atoms with Crippen molar-refractivity contribution < 1.29 is 19.1 Å². The average molecular weight is 438 g/mol. The summed E-state index contributed by atoms with van der Waals surface area (Å²) < 4.78 is 14.7. The van der Waals surface area contributed by atoms with Crippen LogP contribution in [-0.4, -0.2) is 41.8 Å². The van der Waals surface area contributed by atoms with Gasteiger partial charge in [-0.05, 0) is 39.0 Å². The van der Waals surface area contributed by atoms with E-state index in [-0.39, 0.29) is 17.4 Å². The molecule has 0 saturated carbocycles. The van der Waals surface area contributed by atoms with Crippen LogP contribution >= 0.6 is 23.4 Å². The molecule has 0 saturated heterocycles. The molecule has 11 heteroatoms. The molecular weight excluding hydrogens is 421 g/mol. The van der Waals surface area contributed by atoms with Gasteiger partial charge in [-0.25, -0.2) is 13.9 Å². The first-order valence-corrected chi connectivity index (χ1v) is 9.78.